The van der Waals surface area contributed by atoms with Gasteiger partial charge in [-0.05, 0) is 42.9 Å². The maximum atomic E-state index is 14.4. The number of hydrogen-bond acceptors (Lipinski definition) is 1. The van der Waals surface area contributed by atoms with Crippen LogP contribution in [0.4, 0.5) is 13.2 Å². The first-order valence-corrected chi connectivity index (χ1v) is 7.38. The summed E-state index contributed by atoms with van der Waals surface area (Å²) in [5, 5.41) is 0. The van der Waals surface area contributed by atoms with E-state index in [0.29, 0.717) is 11.1 Å². The van der Waals surface area contributed by atoms with E-state index >= 15 is 0 Å². The SMILES string of the molecule is CC(C)C1=C(C(F)F)CC(C)(F)C=C1CN(C=O)C1CC1. The molecule has 0 aliphatic heterocycles. The average Bonchev–Trinajstić information content (AvgIpc) is 3.17. The molecule has 5 heteroatoms. The van der Waals surface area contributed by atoms with Crippen LogP contribution in [0.3, 0.4) is 0 Å². The Morgan fingerprint density at radius 2 is 2.05 bits per heavy atom. The van der Waals surface area contributed by atoms with E-state index < -0.39 is 12.1 Å². The van der Waals surface area contributed by atoms with Crippen LogP contribution in [-0.2, 0) is 4.79 Å². The molecule has 0 aromatic rings. The fourth-order valence-electron chi connectivity index (χ4n) is 3.09. The van der Waals surface area contributed by atoms with Crippen molar-refractivity contribution in [2.45, 2.75) is 58.2 Å². The number of halogens is 3. The minimum atomic E-state index is -2.66. The molecule has 0 aromatic heterocycles. The lowest BCUT2D eigenvalue weighted by atomic mass is 9.79. The molecule has 1 atom stereocenters. The van der Waals surface area contributed by atoms with Crippen LogP contribution in [0.15, 0.2) is 22.8 Å². The molecule has 0 radical (unpaired) electrons. The van der Waals surface area contributed by atoms with E-state index in [1.165, 1.54) is 13.0 Å². The fraction of sp³-hybridized carbons (Fsp3) is 0.688. The summed E-state index contributed by atoms with van der Waals surface area (Å²) in [6.07, 6.45) is 1.09. The van der Waals surface area contributed by atoms with Gasteiger partial charge in [0.15, 0.2) is 0 Å². The van der Waals surface area contributed by atoms with Crippen molar-refractivity contribution in [1.29, 1.82) is 0 Å². The van der Waals surface area contributed by atoms with Crippen molar-refractivity contribution in [2.24, 2.45) is 5.92 Å². The molecule has 0 aromatic carbocycles. The van der Waals surface area contributed by atoms with Gasteiger partial charge in [0.05, 0.1) is 0 Å². The van der Waals surface area contributed by atoms with Crippen molar-refractivity contribution >= 4 is 6.41 Å². The van der Waals surface area contributed by atoms with E-state index in [1.807, 2.05) is 13.8 Å². The van der Waals surface area contributed by atoms with Gasteiger partial charge in [-0.3, -0.25) is 4.79 Å². The number of amides is 1. The lowest BCUT2D eigenvalue weighted by Crippen LogP contribution is -2.33. The number of nitrogens with zero attached hydrogens (tertiary/aromatic N) is 1. The molecule has 1 amide bonds. The molecular formula is C16H22F3NO. The minimum absolute atomic E-state index is 0.117. The van der Waals surface area contributed by atoms with Gasteiger partial charge in [-0.25, -0.2) is 13.2 Å². The highest BCUT2D eigenvalue weighted by Gasteiger charge is 2.37. The molecule has 0 saturated heterocycles. The lowest BCUT2D eigenvalue weighted by molar-refractivity contribution is -0.118. The van der Waals surface area contributed by atoms with Crippen molar-refractivity contribution < 1.29 is 18.0 Å². The van der Waals surface area contributed by atoms with Crippen LogP contribution in [0.25, 0.3) is 0 Å². The Morgan fingerprint density at radius 1 is 1.43 bits per heavy atom. The number of allylic oxidation sites excluding steroid dienone is 2. The second-order valence-electron chi connectivity index (χ2n) is 6.53. The molecule has 21 heavy (non-hydrogen) atoms. The van der Waals surface area contributed by atoms with Crippen LogP contribution in [0.2, 0.25) is 0 Å². The molecule has 0 bridgehead atoms. The Balaban J connectivity index is 2.36. The van der Waals surface area contributed by atoms with E-state index in [4.69, 9.17) is 0 Å². The Kier molecular flexibility index (Phi) is 4.49. The topological polar surface area (TPSA) is 20.3 Å². The Bertz CT molecular complexity index is 476. The highest BCUT2D eigenvalue weighted by Crippen LogP contribution is 2.41. The number of carbonyl (C=O) groups is 1. The van der Waals surface area contributed by atoms with Crippen LogP contribution >= 0.6 is 0 Å². The Labute approximate surface area is 123 Å². The molecular weight excluding hydrogens is 279 g/mol. The number of rotatable bonds is 6. The lowest BCUT2D eigenvalue weighted by Gasteiger charge is -2.33. The number of carbonyl (C=O) groups excluding carboxylic acids is 1. The van der Waals surface area contributed by atoms with Gasteiger partial charge in [0.1, 0.15) is 5.67 Å². The van der Waals surface area contributed by atoms with Gasteiger partial charge in [-0.15, -0.1) is 0 Å². The third kappa shape index (κ3) is 3.69. The number of hydrogen-bond donors (Lipinski definition) is 0. The largest absolute Gasteiger partial charge is 0.338 e. The van der Waals surface area contributed by atoms with Crippen LogP contribution < -0.4 is 0 Å². The molecule has 1 saturated carbocycles. The van der Waals surface area contributed by atoms with Crippen molar-refractivity contribution in [3.05, 3.63) is 22.8 Å². The summed E-state index contributed by atoms with van der Waals surface area (Å²) in [5.74, 6) is -0.121. The summed E-state index contributed by atoms with van der Waals surface area (Å²) in [4.78, 5) is 12.8. The predicted molar refractivity (Wildman–Crippen MR) is 75.9 cm³/mol. The third-order valence-corrected chi connectivity index (χ3v) is 4.05. The molecule has 1 fully saturated rings. The average molecular weight is 301 g/mol. The summed E-state index contributed by atoms with van der Waals surface area (Å²) < 4.78 is 41.0. The third-order valence-electron chi connectivity index (χ3n) is 4.05. The van der Waals surface area contributed by atoms with E-state index in [1.54, 1.807) is 4.90 Å². The zero-order chi connectivity index (χ0) is 15.8. The summed E-state index contributed by atoms with van der Waals surface area (Å²) in [6.45, 7) is 5.19. The van der Waals surface area contributed by atoms with E-state index in [9.17, 15) is 18.0 Å². The second kappa shape index (κ2) is 5.85. The minimum Gasteiger partial charge on any atom is -0.338 e. The Hall–Kier alpha value is -1.26. The molecule has 1 unspecified atom stereocenters. The maximum absolute atomic E-state index is 14.4. The quantitative estimate of drug-likeness (QED) is 0.682. The van der Waals surface area contributed by atoms with Crippen molar-refractivity contribution in [2.75, 3.05) is 6.54 Å². The normalized spacial score (nSPS) is 26.4. The first-order chi connectivity index (χ1) is 9.75. The van der Waals surface area contributed by atoms with Gasteiger partial charge in [0, 0.05) is 24.6 Å². The maximum Gasteiger partial charge on any atom is 0.260 e. The molecule has 2 aliphatic carbocycles. The van der Waals surface area contributed by atoms with Crippen LogP contribution in [0, 0.1) is 5.92 Å². The smallest absolute Gasteiger partial charge is 0.260 e. The van der Waals surface area contributed by atoms with Crippen molar-refractivity contribution in [3.63, 3.8) is 0 Å². The molecule has 0 N–H and O–H groups in total. The summed E-state index contributed by atoms with van der Waals surface area (Å²) >= 11 is 0. The van der Waals surface area contributed by atoms with Crippen molar-refractivity contribution in [1.82, 2.24) is 4.90 Å². The summed E-state index contributed by atoms with van der Waals surface area (Å²) in [5.41, 5.74) is -0.838. The standard InChI is InChI=1S/C16H22F3NO/c1-10(2)14-11(8-20(9-21)12-4-5-12)6-16(3,19)7-13(14)15(17)18/h6,9-10,12,15H,4-5,7-8H2,1-3H3. The van der Waals surface area contributed by atoms with Gasteiger partial charge in [0.2, 0.25) is 6.41 Å². The van der Waals surface area contributed by atoms with E-state index in [2.05, 4.69) is 0 Å². The first-order valence-electron chi connectivity index (χ1n) is 7.38. The Morgan fingerprint density at radius 3 is 2.48 bits per heavy atom. The monoisotopic (exact) mass is 301 g/mol. The molecule has 0 spiro atoms. The van der Waals surface area contributed by atoms with Crippen molar-refractivity contribution in [3.8, 4) is 0 Å². The highest BCUT2D eigenvalue weighted by atomic mass is 19.3. The molecule has 2 aliphatic rings. The van der Waals surface area contributed by atoms with Gasteiger partial charge >= 0.3 is 0 Å². The van der Waals surface area contributed by atoms with Gasteiger partial charge in [0.25, 0.3) is 6.43 Å². The summed E-state index contributed by atoms with van der Waals surface area (Å²) in [6, 6.07) is 0.180. The van der Waals surface area contributed by atoms with Crippen LogP contribution in [0.1, 0.15) is 40.0 Å². The van der Waals surface area contributed by atoms with Gasteiger partial charge in [-0.1, -0.05) is 13.8 Å². The summed E-state index contributed by atoms with van der Waals surface area (Å²) in [7, 11) is 0. The highest BCUT2D eigenvalue weighted by molar-refractivity contribution is 5.53. The zero-order valence-corrected chi connectivity index (χ0v) is 12.7. The predicted octanol–water partition coefficient (Wildman–Crippen LogP) is 3.88. The van der Waals surface area contributed by atoms with E-state index in [-0.39, 0.29) is 30.5 Å². The van der Waals surface area contributed by atoms with E-state index in [0.717, 1.165) is 19.3 Å². The molecule has 0 heterocycles. The fourth-order valence-corrected chi connectivity index (χ4v) is 3.09. The molecule has 118 valence electrons. The first kappa shape index (κ1) is 16.1. The van der Waals surface area contributed by atoms with Crippen LogP contribution in [-0.4, -0.2) is 36.0 Å². The zero-order valence-electron chi connectivity index (χ0n) is 12.7. The van der Waals surface area contributed by atoms with Gasteiger partial charge in [-0.2, -0.15) is 0 Å². The number of alkyl halides is 3. The van der Waals surface area contributed by atoms with Gasteiger partial charge < -0.3 is 4.90 Å². The molecule has 2 rings (SSSR count). The van der Waals surface area contributed by atoms with Crippen LogP contribution in [0.5, 0.6) is 0 Å². The second-order valence-corrected chi connectivity index (χ2v) is 6.53. The molecule has 2 nitrogen and oxygen atoms in total.